The normalized spacial score (nSPS) is 10.4. The molecule has 0 aliphatic rings. The molecule has 1 aromatic heterocycles. The van der Waals surface area contributed by atoms with Crippen molar-refractivity contribution in [2.24, 2.45) is 5.92 Å². The second kappa shape index (κ2) is 9.68. The lowest BCUT2D eigenvalue weighted by molar-refractivity contribution is -0.119. The number of benzene rings is 1. The number of ether oxygens (including phenoxy) is 1. The highest BCUT2D eigenvalue weighted by molar-refractivity contribution is 6.32. The van der Waals surface area contributed by atoms with Crippen molar-refractivity contribution in [3.05, 3.63) is 58.9 Å². The zero-order valence-corrected chi connectivity index (χ0v) is 15.7. The predicted molar refractivity (Wildman–Crippen MR) is 102 cm³/mol. The Morgan fingerprint density at radius 1 is 1.11 bits per heavy atom. The number of nitrogens with zero attached hydrogens (tertiary/aromatic N) is 1. The largest absolute Gasteiger partial charge is 0.452 e. The summed E-state index contributed by atoms with van der Waals surface area (Å²) in [6.07, 6.45) is 1.44. The van der Waals surface area contributed by atoms with Crippen LogP contribution in [0.2, 0.25) is 5.15 Å². The maximum absolute atomic E-state index is 12.3. The Morgan fingerprint density at radius 3 is 2.52 bits per heavy atom. The summed E-state index contributed by atoms with van der Waals surface area (Å²) >= 11 is 5.81. The molecule has 2 rings (SSSR count). The average molecular weight is 390 g/mol. The van der Waals surface area contributed by atoms with Gasteiger partial charge in [-0.05, 0) is 30.2 Å². The number of halogens is 1. The lowest BCUT2D eigenvalue weighted by atomic mass is 10.1. The van der Waals surface area contributed by atoms with Gasteiger partial charge in [0.1, 0.15) is 5.15 Å². The summed E-state index contributed by atoms with van der Waals surface area (Å²) in [5.41, 5.74) is 0.729. The van der Waals surface area contributed by atoms with Crippen LogP contribution >= 0.6 is 11.6 Å². The first-order valence-corrected chi connectivity index (χ1v) is 8.71. The maximum atomic E-state index is 12.3. The molecule has 0 saturated carbocycles. The number of aromatic nitrogens is 1. The Hall–Kier alpha value is -2.93. The molecule has 0 spiro atoms. The number of carbonyl (C=O) groups is 3. The van der Waals surface area contributed by atoms with Gasteiger partial charge in [0.25, 0.3) is 11.8 Å². The molecule has 7 nitrogen and oxygen atoms in total. The summed E-state index contributed by atoms with van der Waals surface area (Å²) in [4.78, 5) is 40.1. The minimum Gasteiger partial charge on any atom is -0.452 e. The summed E-state index contributed by atoms with van der Waals surface area (Å²) in [5, 5.41) is 5.36. The van der Waals surface area contributed by atoms with Crippen molar-refractivity contribution in [3.8, 4) is 0 Å². The van der Waals surface area contributed by atoms with Crippen molar-refractivity contribution in [2.75, 3.05) is 18.5 Å². The Bertz CT molecular complexity index is 839. The van der Waals surface area contributed by atoms with Gasteiger partial charge < -0.3 is 15.4 Å². The van der Waals surface area contributed by atoms with E-state index in [-0.39, 0.29) is 16.6 Å². The molecule has 0 saturated heterocycles. The van der Waals surface area contributed by atoms with Crippen LogP contribution in [0, 0.1) is 5.92 Å². The molecule has 0 bridgehead atoms. The quantitative estimate of drug-likeness (QED) is 0.560. The SMILES string of the molecule is CC(C)CNC(=O)c1ccccc1NC(=O)COC(=O)c1cccnc1Cl. The standard InChI is InChI=1S/C19H20ClN3O4/c1-12(2)10-22-18(25)13-6-3-4-8-15(13)23-16(24)11-27-19(26)14-7-5-9-21-17(14)20/h3-9,12H,10-11H2,1-2H3,(H,22,25)(H,23,24). The Morgan fingerprint density at radius 2 is 1.81 bits per heavy atom. The molecule has 1 heterocycles. The van der Waals surface area contributed by atoms with Gasteiger partial charge in [0, 0.05) is 12.7 Å². The highest BCUT2D eigenvalue weighted by atomic mass is 35.5. The van der Waals surface area contributed by atoms with Crippen LogP contribution in [0.1, 0.15) is 34.6 Å². The predicted octanol–water partition coefficient (Wildman–Crippen LogP) is 2.92. The summed E-state index contributed by atoms with van der Waals surface area (Å²) in [7, 11) is 0. The Kier molecular flexibility index (Phi) is 7.31. The van der Waals surface area contributed by atoms with E-state index < -0.39 is 18.5 Å². The lowest BCUT2D eigenvalue weighted by Crippen LogP contribution is -2.29. The van der Waals surface area contributed by atoms with E-state index in [1.54, 1.807) is 24.3 Å². The van der Waals surface area contributed by atoms with Gasteiger partial charge >= 0.3 is 5.97 Å². The van der Waals surface area contributed by atoms with E-state index in [0.29, 0.717) is 23.7 Å². The third-order valence-corrected chi connectivity index (χ3v) is 3.73. The number of hydrogen-bond donors (Lipinski definition) is 2. The third kappa shape index (κ3) is 6.07. The van der Waals surface area contributed by atoms with Crippen LogP contribution in [-0.4, -0.2) is 35.9 Å². The zero-order chi connectivity index (χ0) is 19.8. The highest BCUT2D eigenvalue weighted by Crippen LogP contribution is 2.16. The van der Waals surface area contributed by atoms with E-state index in [0.717, 1.165) is 0 Å². The molecule has 2 amide bonds. The Balaban J connectivity index is 1.97. The molecule has 1 aromatic carbocycles. The minimum absolute atomic E-state index is 0.00456. The van der Waals surface area contributed by atoms with Crippen molar-refractivity contribution in [1.29, 1.82) is 0 Å². The number of rotatable bonds is 7. The number of pyridine rings is 1. The van der Waals surface area contributed by atoms with Crippen molar-refractivity contribution in [3.63, 3.8) is 0 Å². The molecule has 8 heteroatoms. The zero-order valence-electron chi connectivity index (χ0n) is 15.0. The van der Waals surface area contributed by atoms with Crippen molar-refractivity contribution >= 4 is 35.1 Å². The maximum Gasteiger partial charge on any atom is 0.341 e. The van der Waals surface area contributed by atoms with Gasteiger partial charge in [-0.25, -0.2) is 9.78 Å². The molecular formula is C19H20ClN3O4. The van der Waals surface area contributed by atoms with Gasteiger partial charge in [0.15, 0.2) is 6.61 Å². The number of para-hydroxylation sites is 1. The second-order valence-corrected chi connectivity index (χ2v) is 6.47. The van der Waals surface area contributed by atoms with Crippen molar-refractivity contribution in [1.82, 2.24) is 10.3 Å². The summed E-state index contributed by atoms with van der Waals surface area (Å²) in [6, 6.07) is 9.58. The van der Waals surface area contributed by atoms with E-state index in [9.17, 15) is 14.4 Å². The van der Waals surface area contributed by atoms with Gasteiger partial charge in [-0.1, -0.05) is 37.6 Å². The topological polar surface area (TPSA) is 97.4 Å². The summed E-state index contributed by atoms with van der Waals surface area (Å²) < 4.78 is 4.95. The van der Waals surface area contributed by atoms with E-state index in [4.69, 9.17) is 16.3 Å². The third-order valence-electron chi connectivity index (χ3n) is 3.43. The van der Waals surface area contributed by atoms with Gasteiger partial charge in [0.05, 0.1) is 16.8 Å². The second-order valence-electron chi connectivity index (χ2n) is 6.12. The smallest absolute Gasteiger partial charge is 0.341 e. The fraction of sp³-hybridized carbons (Fsp3) is 0.263. The van der Waals surface area contributed by atoms with Gasteiger partial charge in [-0.15, -0.1) is 0 Å². The molecule has 0 fully saturated rings. The average Bonchev–Trinajstić information content (AvgIpc) is 2.65. The molecule has 2 aromatic rings. The first-order chi connectivity index (χ1) is 12.9. The van der Waals surface area contributed by atoms with E-state index in [1.807, 2.05) is 13.8 Å². The van der Waals surface area contributed by atoms with Crippen LogP contribution in [0.15, 0.2) is 42.6 Å². The fourth-order valence-corrected chi connectivity index (χ4v) is 2.31. The molecule has 27 heavy (non-hydrogen) atoms. The van der Waals surface area contributed by atoms with Gasteiger partial charge in [-0.2, -0.15) is 0 Å². The summed E-state index contributed by atoms with van der Waals surface area (Å²) in [6.45, 7) is 3.96. The fourth-order valence-electron chi connectivity index (χ4n) is 2.12. The first kappa shape index (κ1) is 20.4. The summed E-state index contributed by atoms with van der Waals surface area (Å²) in [5.74, 6) is -1.33. The number of carbonyl (C=O) groups excluding carboxylic acids is 3. The number of amides is 2. The lowest BCUT2D eigenvalue weighted by Gasteiger charge is -2.12. The highest BCUT2D eigenvalue weighted by Gasteiger charge is 2.16. The van der Waals surface area contributed by atoms with Crippen LogP contribution in [-0.2, 0) is 9.53 Å². The van der Waals surface area contributed by atoms with Crippen LogP contribution < -0.4 is 10.6 Å². The van der Waals surface area contributed by atoms with Gasteiger partial charge in [-0.3, -0.25) is 9.59 Å². The van der Waals surface area contributed by atoms with Crippen LogP contribution in [0.4, 0.5) is 5.69 Å². The van der Waals surface area contributed by atoms with Crippen LogP contribution in [0.3, 0.4) is 0 Å². The first-order valence-electron chi connectivity index (χ1n) is 8.33. The molecular weight excluding hydrogens is 370 g/mol. The Labute approximate surface area is 162 Å². The molecule has 2 N–H and O–H groups in total. The molecule has 0 radical (unpaired) electrons. The number of nitrogens with one attached hydrogen (secondary N) is 2. The van der Waals surface area contributed by atoms with Gasteiger partial charge in [0.2, 0.25) is 0 Å². The number of anilines is 1. The number of hydrogen-bond acceptors (Lipinski definition) is 5. The van der Waals surface area contributed by atoms with E-state index in [2.05, 4.69) is 15.6 Å². The minimum atomic E-state index is -0.758. The molecule has 0 aliphatic heterocycles. The van der Waals surface area contributed by atoms with Crippen LogP contribution in [0.5, 0.6) is 0 Å². The van der Waals surface area contributed by atoms with Crippen LogP contribution in [0.25, 0.3) is 0 Å². The molecule has 142 valence electrons. The van der Waals surface area contributed by atoms with Crippen molar-refractivity contribution in [2.45, 2.75) is 13.8 Å². The van der Waals surface area contributed by atoms with E-state index >= 15 is 0 Å². The molecule has 0 unspecified atom stereocenters. The van der Waals surface area contributed by atoms with E-state index in [1.165, 1.54) is 18.3 Å². The monoisotopic (exact) mass is 389 g/mol. The molecule has 0 atom stereocenters. The van der Waals surface area contributed by atoms with Crippen molar-refractivity contribution < 1.29 is 19.1 Å². The number of esters is 1. The molecule has 0 aliphatic carbocycles.